The van der Waals surface area contributed by atoms with E-state index in [0.717, 1.165) is 23.1 Å². The minimum Gasteiger partial charge on any atom is -0.315 e. The van der Waals surface area contributed by atoms with Crippen molar-refractivity contribution in [1.29, 1.82) is 0 Å². The second-order valence-electron chi connectivity index (χ2n) is 6.30. The van der Waals surface area contributed by atoms with Gasteiger partial charge in [-0.15, -0.1) is 0 Å². The third-order valence-corrected chi connectivity index (χ3v) is 5.61. The zero-order valence-electron chi connectivity index (χ0n) is 15.3. The third kappa shape index (κ3) is 4.60. The lowest BCUT2D eigenvalue weighted by Crippen LogP contribution is -2.28. The van der Waals surface area contributed by atoms with Crippen molar-refractivity contribution in [2.75, 3.05) is 29.6 Å². The first-order valence-electron chi connectivity index (χ1n) is 7.96. The molecule has 0 aliphatic rings. The van der Waals surface area contributed by atoms with Gasteiger partial charge in [-0.2, -0.15) is 0 Å². The second-order valence-corrected chi connectivity index (χ2v) is 8.31. The summed E-state index contributed by atoms with van der Waals surface area (Å²) < 4.78 is 24.3. The van der Waals surface area contributed by atoms with Crippen LogP contribution in [0, 0.1) is 13.8 Å². The predicted octanol–water partition coefficient (Wildman–Crippen LogP) is 2.90. The molecule has 2 rings (SSSR count). The third-order valence-electron chi connectivity index (χ3n) is 4.40. The molecule has 2 aromatic rings. The standard InChI is InChI=1S/C19H24N2O3S/c1-14-6-9-18(12-15(14)2)20(3)19(22)13-16-7-10-17(11-8-16)21(4)25(5,23)24/h6-12H,13H2,1-5H3. The van der Waals surface area contributed by atoms with E-state index in [0.29, 0.717) is 5.69 Å². The maximum absolute atomic E-state index is 12.5. The number of rotatable bonds is 5. The van der Waals surface area contributed by atoms with Gasteiger partial charge in [-0.05, 0) is 54.8 Å². The SMILES string of the molecule is Cc1ccc(N(C)C(=O)Cc2ccc(N(C)S(C)(=O)=O)cc2)cc1C. The number of carbonyl (C=O) groups is 1. The van der Waals surface area contributed by atoms with Crippen molar-refractivity contribution in [3.8, 4) is 0 Å². The Balaban J connectivity index is 2.11. The number of aryl methyl sites for hydroxylation is 2. The van der Waals surface area contributed by atoms with E-state index in [1.54, 1.807) is 36.2 Å². The average Bonchev–Trinajstić information content (AvgIpc) is 2.56. The molecule has 0 bridgehead atoms. The Kier molecular flexibility index (Phi) is 5.52. The molecular weight excluding hydrogens is 336 g/mol. The monoisotopic (exact) mass is 360 g/mol. The van der Waals surface area contributed by atoms with Gasteiger partial charge in [-0.1, -0.05) is 18.2 Å². The van der Waals surface area contributed by atoms with Gasteiger partial charge in [0.25, 0.3) is 0 Å². The number of nitrogens with zero attached hydrogens (tertiary/aromatic N) is 2. The first-order chi connectivity index (χ1) is 11.6. The molecular formula is C19H24N2O3S. The Bertz CT molecular complexity index is 874. The zero-order valence-corrected chi connectivity index (χ0v) is 16.1. The van der Waals surface area contributed by atoms with E-state index in [1.807, 2.05) is 32.0 Å². The molecule has 2 aromatic carbocycles. The summed E-state index contributed by atoms with van der Waals surface area (Å²) in [4.78, 5) is 14.1. The molecule has 1 amide bonds. The van der Waals surface area contributed by atoms with Crippen molar-refractivity contribution in [3.05, 3.63) is 59.2 Å². The summed E-state index contributed by atoms with van der Waals surface area (Å²) in [6.07, 6.45) is 1.41. The molecule has 0 saturated carbocycles. The predicted molar refractivity (Wildman–Crippen MR) is 103 cm³/mol. The minimum atomic E-state index is -3.29. The van der Waals surface area contributed by atoms with E-state index in [2.05, 4.69) is 0 Å². The number of hydrogen-bond donors (Lipinski definition) is 0. The zero-order chi connectivity index (χ0) is 18.8. The minimum absolute atomic E-state index is 0.0209. The Morgan fingerprint density at radius 2 is 1.48 bits per heavy atom. The van der Waals surface area contributed by atoms with Crippen molar-refractivity contribution in [1.82, 2.24) is 0 Å². The van der Waals surface area contributed by atoms with Gasteiger partial charge in [-0.3, -0.25) is 9.10 Å². The van der Waals surface area contributed by atoms with Gasteiger partial charge in [0.15, 0.2) is 0 Å². The van der Waals surface area contributed by atoms with Gasteiger partial charge in [0, 0.05) is 19.8 Å². The first kappa shape index (κ1) is 19.0. The molecule has 5 nitrogen and oxygen atoms in total. The van der Waals surface area contributed by atoms with Crippen molar-refractivity contribution >= 4 is 27.3 Å². The van der Waals surface area contributed by atoms with Gasteiger partial charge in [-0.25, -0.2) is 8.42 Å². The number of hydrogen-bond acceptors (Lipinski definition) is 3. The number of anilines is 2. The van der Waals surface area contributed by atoms with Gasteiger partial charge < -0.3 is 4.90 Å². The molecule has 0 spiro atoms. The summed E-state index contributed by atoms with van der Waals surface area (Å²) in [6.45, 7) is 4.06. The van der Waals surface area contributed by atoms with E-state index in [4.69, 9.17) is 0 Å². The van der Waals surface area contributed by atoms with E-state index >= 15 is 0 Å². The highest BCUT2D eigenvalue weighted by molar-refractivity contribution is 7.92. The van der Waals surface area contributed by atoms with Crippen molar-refractivity contribution in [2.45, 2.75) is 20.3 Å². The summed E-state index contributed by atoms with van der Waals surface area (Å²) in [5, 5.41) is 0. The fraction of sp³-hybridized carbons (Fsp3) is 0.316. The molecule has 0 saturated heterocycles. The summed E-state index contributed by atoms with van der Waals surface area (Å²) in [5.41, 5.74) is 4.61. The lowest BCUT2D eigenvalue weighted by Gasteiger charge is -2.19. The Hall–Kier alpha value is -2.34. The molecule has 0 unspecified atom stereocenters. The summed E-state index contributed by atoms with van der Waals surface area (Å²) >= 11 is 0. The molecule has 0 aliphatic carbocycles. The molecule has 0 aliphatic heterocycles. The quantitative estimate of drug-likeness (QED) is 0.824. The van der Waals surface area contributed by atoms with Crippen LogP contribution in [0.4, 0.5) is 11.4 Å². The fourth-order valence-corrected chi connectivity index (χ4v) is 2.89. The maximum Gasteiger partial charge on any atom is 0.231 e. The number of benzene rings is 2. The molecule has 25 heavy (non-hydrogen) atoms. The van der Waals surface area contributed by atoms with E-state index in [9.17, 15) is 13.2 Å². The van der Waals surface area contributed by atoms with Crippen LogP contribution < -0.4 is 9.21 Å². The Morgan fingerprint density at radius 1 is 0.920 bits per heavy atom. The topological polar surface area (TPSA) is 57.7 Å². The van der Waals surface area contributed by atoms with Crippen LogP contribution in [0.2, 0.25) is 0 Å². The van der Waals surface area contributed by atoms with Crippen LogP contribution in [0.3, 0.4) is 0 Å². The number of sulfonamides is 1. The summed E-state index contributed by atoms with van der Waals surface area (Å²) in [6, 6.07) is 12.9. The smallest absolute Gasteiger partial charge is 0.231 e. The lowest BCUT2D eigenvalue weighted by molar-refractivity contribution is -0.117. The highest BCUT2D eigenvalue weighted by atomic mass is 32.2. The highest BCUT2D eigenvalue weighted by Gasteiger charge is 2.14. The number of carbonyl (C=O) groups excluding carboxylic acids is 1. The van der Waals surface area contributed by atoms with Crippen LogP contribution >= 0.6 is 0 Å². The van der Waals surface area contributed by atoms with Crippen LogP contribution in [-0.4, -0.2) is 34.7 Å². The van der Waals surface area contributed by atoms with E-state index in [-0.39, 0.29) is 12.3 Å². The molecule has 0 aromatic heterocycles. The number of likely N-dealkylation sites (N-methyl/N-ethyl adjacent to an activating group) is 1. The van der Waals surface area contributed by atoms with E-state index in [1.165, 1.54) is 16.9 Å². The molecule has 0 fully saturated rings. The fourth-order valence-electron chi connectivity index (χ4n) is 2.39. The van der Waals surface area contributed by atoms with Gasteiger partial charge >= 0.3 is 0 Å². The van der Waals surface area contributed by atoms with Gasteiger partial charge in [0.05, 0.1) is 18.4 Å². The molecule has 0 N–H and O–H groups in total. The summed E-state index contributed by atoms with van der Waals surface area (Å²) in [5.74, 6) is -0.0209. The van der Waals surface area contributed by atoms with E-state index < -0.39 is 10.0 Å². The Labute approximate surface area is 149 Å². The second kappa shape index (κ2) is 7.27. The largest absolute Gasteiger partial charge is 0.315 e. The molecule has 0 heterocycles. The van der Waals surface area contributed by atoms with Crippen LogP contribution in [0.15, 0.2) is 42.5 Å². The highest BCUT2D eigenvalue weighted by Crippen LogP contribution is 2.20. The summed E-state index contributed by atoms with van der Waals surface area (Å²) in [7, 11) is -0.0256. The first-order valence-corrected chi connectivity index (χ1v) is 9.81. The Morgan fingerprint density at radius 3 is 2.00 bits per heavy atom. The van der Waals surface area contributed by atoms with Crippen LogP contribution in [0.25, 0.3) is 0 Å². The van der Waals surface area contributed by atoms with Crippen LogP contribution in [0.5, 0.6) is 0 Å². The average molecular weight is 360 g/mol. The van der Waals surface area contributed by atoms with Gasteiger partial charge in [0.1, 0.15) is 0 Å². The van der Waals surface area contributed by atoms with Gasteiger partial charge in [0.2, 0.25) is 15.9 Å². The molecule has 134 valence electrons. The normalized spacial score (nSPS) is 11.2. The molecule has 6 heteroatoms. The lowest BCUT2D eigenvalue weighted by atomic mass is 10.1. The van der Waals surface area contributed by atoms with Crippen LogP contribution in [0.1, 0.15) is 16.7 Å². The van der Waals surface area contributed by atoms with Crippen molar-refractivity contribution in [2.24, 2.45) is 0 Å². The number of amides is 1. The molecule has 0 radical (unpaired) electrons. The van der Waals surface area contributed by atoms with Crippen molar-refractivity contribution < 1.29 is 13.2 Å². The maximum atomic E-state index is 12.5. The molecule has 0 atom stereocenters. The van der Waals surface area contributed by atoms with Crippen molar-refractivity contribution in [3.63, 3.8) is 0 Å². The van der Waals surface area contributed by atoms with Crippen LogP contribution in [-0.2, 0) is 21.2 Å².